The summed E-state index contributed by atoms with van der Waals surface area (Å²) in [7, 11) is 0. The number of hydrogen-bond acceptors (Lipinski definition) is 6. The van der Waals surface area contributed by atoms with Gasteiger partial charge in [-0.2, -0.15) is 0 Å². The van der Waals surface area contributed by atoms with E-state index in [1.807, 2.05) is 0 Å². The lowest BCUT2D eigenvalue weighted by Crippen LogP contribution is -2.40. The van der Waals surface area contributed by atoms with E-state index in [4.69, 9.17) is 20.4 Å². The highest BCUT2D eigenvalue weighted by Gasteiger charge is 2.45. The number of carbonyl (C=O) groups is 1. The van der Waals surface area contributed by atoms with Crippen LogP contribution in [0.15, 0.2) is 0 Å². The van der Waals surface area contributed by atoms with Gasteiger partial charge in [0.2, 0.25) is 0 Å². The van der Waals surface area contributed by atoms with Crippen LogP contribution in [-0.2, 0) is 9.53 Å². The summed E-state index contributed by atoms with van der Waals surface area (Å²) in [5, 5.41) is 35.3. The van der Waals surface area contributed by atoms with Crippen molar-refractivity contribution in [1.29, 1.82) is 0 Å². The second-order valence-corrected chi connectivity index (χ2v) is 2.59. The van der Waals surface area contributed by atoms with Crippen LogP contribution in [0.1, 0.15) is 0 Å². The first-order valence-corrected chi connectivity index (χ1v) is 3.43. The number of cyclic esters (lactones) is 1. The van der Waals surface area contributed by atoms with E-state index in [2.05, 4.69) is 4.74 Å². The molecule has 0 aromatic carbocycles. The molecule has 1 heterocycles. The zero-order valence-electron chi connectivity index (χ0n) is 6.12. The van der Waals surface area contributed by atoms with E-state index in [9.17, 15) is 4.79 Å². The number of ether oxygens (including phenoxy) is 1. The molecule has 0 bridgehead atoms. The van der Waals surface area contributed by atoms with Gasteiger partial charge >= 0.3 is 5.97 Å². The SMILES string of the molecule is O=C1O[C@@H]([C@H](O)CO)C(O)[C@@H]1O. The lowest BCUT2D eigenvalue weighted by atomic mass is 10.1. The van der Waals surface area contributed by atoms with Gasteiger partial charge in [-0.05, 0) is 0 Å². The molecule has 4 atom stereocenters. The summed E-state index contributed by atoms with van der Waals surface area (Å²) >= 11 is 0. The summed E-state index contributed by atoms with van der Waals surface area (Å²) < 4.78 is 4.39. The van der Waals surface area contributed by atoms with Crippen molar-refractivity contribution in [2.75, 3.05) is 6.61 Å². The molecule has 0 saturated carbocycles. The highest BCUT2D eigenvalue weighted by molar-refractivity contribution is 5.77. The number of rotatable bonds is 2. The molecule has 4 N–H and O–H groups in total. The minimum Gasteiger partial charge on any atom is -0.455 e. The van der Waals surface area contributed by atoms with Gasteiger partial charge in [-0.15, -0.1) is 0 Å². The maximum atomic E-state index is 10.6. The Hall–Kier alpha value is -0.690. The van der Waals surface area contributed by atoms with Gasteiger partial charge < -0.3 is 25.2 Å². The fraction of sp³-hybridized carbons (Fsp3) is 0.833. The molecule has 70 valence electrons. The van der Waals surface area contributed by atoms with Gasteiger partial charge in [-0.3, -0.25) is 0 Å². The van der Waals surface area contributed by atoms with Crippen LogP contribution in [0.25, 0.3) is 0 Å². The number of hydrogen-bond donors (Lipinski definition) is 4. The minimum absolute atomic E-state index is 0.637. The van der Waals surface area contributed by atoms with Gasteiger partial charge in [-0.1, -0.05) is 0 Å². The van der Waals surface area contributed by atoms with Crippen LogP contribution in [0.4, 0.5) is 0 Å². The molecule has 1 unspecified atom stereocenters. The molecule has 1 fully saturated rings. The average Bonchev–Trinajstić information content (AvgIpc) is 2.32. The van der Waals surface area contributed by atoms with Gasteiger partial charge in [0.25, 0.3) is 0 Å². The topological polar surface area (TPSA) is 107 Å². The zero-order valence-corrected chi connectivity index (χ0v) is 6.12. The number of esters is 1. The summed E-state index contributed by atoms with van der Waals surface area (Å²) in [6.45, 7) is -0.637. The minimum atomic E-state index is -1.63. The fourth-order valence-electron chi connectivity index (χ4n) is 1.00. The molecule has 0 radical (unpaired) electrons. The van der Waals surface area contributed by atoms with Gasteiger partial charge in [-0.25, -0.2) is 4.79 Å². The summed E-state index contributed by atoms with van der Waals surface area (Å²) in [5.41, 5.74) is 0. The normalized spacial score (nSPS) is 38.0. The number of aliphatic hydroxyl groups is 4. The van der Waals surface area contributed by atoms with Crippen LogP contribution < -0.4 is 0 Å². The van der Waals surface area contributed by atoms with E-state index in [0.29, 0.717) is 0 Å². The van der Waals surface area contributed by atoms with Gasteiger partial charge in [0.1, 0.15) is 12.2 Å². The first-order chi connectivity index (χ1) is 5.57. The van der Waals surface area contributed by atoms with Crippen molar-refractivity contribution < 1.29 is 30.0 Å². The molecule has 1 rings (SSSR count). The molecule has 0 aromatic heterocycles. The molecule has 0 spiro atoms. The van der Waals surface area contributed by atoms with E-state index in [0.717, 1.165) is 0 Å². The van der Waals surface area contributed by atoms with Crippen LogP contribution in [0.2, 0.25) is 0 Å². The smallest absolute Gasteiger partial charge is 0.338 e. The van der Waals surface area contributed by atoms with Gasteiger partial charge in [0.05, 0.1) is 6.61 Å². The van der Waals surface area contributed by atoms with E-state index >= 15 is 0 Å². The molecular formula is C6H10O6. The van der Waals surface area contributed by atoms with Crippen molar-refractivity contribution in [3.8, 4) is 0 Å². The molecule has 12 heavy (non-hydrogen) atoms. The molecule has 1 aliphatic rings. The van der Waals surface area contributed by atoms with Crippen LogP contribution in [0, 0.1) is 0 Å². The average molecular weight is 178 g/mol. The maximum absolute atomic E-state index is 10.6. The highest BCUT2D eigenvalue weighted by Crippen LogP contribution is 2.18. The third-order valence-electron chi connectivity index (χ3n) is 1.72. The molecule has 0 aliphatic carbocycles. The largest absolute Gasteiger partial charge is 0.455 e. The third-order valence-corrected chi connectivity index (χ3v) is 1.72. The Morgan fingerprint density at radius 3 is 2.42 bits per heavy atom. The predicted octanol–water partition coefficient (Wildman–Crippen LogP) is -3.01. The Balaban J connectivity index is 2.64. The highest BCUT2D eigenvalue weighted by atomic mass is 16.6. The lowest BCUT2D eigenvalue weighted by Gasteiger charge is -2.17. The monoisotopic (exact) mass is 178 g/mol. The number of carbonyl (C=O) groups excluding carboxylic acids is 1. The van der Waals surface area contributed by atoms with Crippen LogP contribution in [0.3, 0.4) is 0 Å². The second-order valence-electron chi connectivity index (χ2n) is 2.59. The lowest BCUT2D eigenvalue weighted by molar-refractivity contribution is -0.151. The fourth-order valence-corrected chi connectivity index (χ4v) is 1.00. The Labute approximate surface area is 68.0 Å². The van der Waals surface area contributed by atoms with E-state index in [1.165, 1.54) is 0 Å². The van der Waals surface area contributed by atoms with Crippen molar-refractivity contribution in [3.63, 3.8) is 0 Å². The molecule has 1 saturated heterocycles. The van der Waals surface area contributed by atoms with Crippen molar-refractivity contribution in [2.24, 2.45) is 0 Å². The Morgan fingerprint density at radius 2 is 2.08 bits per heavy atom. The third kappa shape index (κ3) is 1.42. The Morgan fingerprint density at radius 1 is 1.50 bits per heavy atom. The Kier molecular flexibility index (Phi) is 2.63. The first kappa shape index (κ1) is 9.40. The van der Waals surface area contributed by atoms with Crippen molar-refractivity contribution >= 4 is 5.97 Å². The molecule has 0 aromatic rings. The molecule has 1 aliphatic heterocycles. The molecule has 6 heteroatoms. The van der Waals surface area contributed by atoms with Crippen LogP contribution >= 0.6 is 0 Å². The summed E-state index contributed by atoms with van der Waals surface area (Å²) in [6.07, 6.45) is -5.70. The van der Waals surface area contributed by atoms with E-state index in [1.54, 1.807) is 0 Å². The zero-order chi connectivity index (χ0) is 9.30. The second kappa shape index (κ2) is 3.36. The van der Waals surface area contributed by atoms with Crippen LogP contribution in [-0.4, -0.2) is 57.4 Å². The summed E-state index contributed by atoms with van der Waals surface area (Å²) in [5.74, 6) is -0.986. The van der Waals surface area contributed by atoms with Gasteiger partial charge in [0.15, 0.2) is 12.2 Å². The van der Waals surface area contributed by atoms with Crippen molar-refractivity contribution in [2.45, 2.75) is 24.4 Å². The Bertz CT molecular complexity index is 181. The van der Waals surface area contributed by atoms with Gasteiger partial charge in [0, 0.05) is 0 Å². The van der Waals surface area contributed by atoms with Crippen molar-refractivity contribution in [3.05, 3.63) is 0 Å². The first-order valence-electron chi connectivity index (χ1n) is 3.43. The van der Waals surface area contributed by atoms with E-state index in [-0.39, 0.29) is 0 Å². The molecular weight excluding hydrogens is 168 g/mol. The molecule has 6 nitrogen and oxygen atoms in total. The maximum Gasteiger partial charge on any atom is 0.338 e. The number of aliphatic hydroxyl groups excluding tert-OH is 4. The van der Waals surface area contributed by atoms with Crippen molar-refractivity contribution in [1.82, 2.24) is 0 Å². The van der Waals surface area contributed by atoms with E-state index < -0.39 is 37.0 Å². The van der Waals surface area contributed by atoms with Crippen LogP contribution in [0.5, 0.6) is 0 Å². The standard InChI is InChI=1S/C6H10O6/c7-1-2(8)5-3(9)4(10)6(11)12-5/h2-5,7-10H,1H2/t2-,3?,4+,5+/m1/s1. The molecule has 0 amide bonds. The summed E-state index contributed by atoms with van der Waals surface area (Å²) in [6, 6.07) is 0. The quantitative estimate of drug-likeness (QED) is 0.335. The predicted molar refractivity (Wildman–Crippen MR) is 35.0 cm³/mol. The summed E-state index contributed by atoms with van der Waals surface area (Å²) in [4.78, 5) is 10.6.